The van der Waals surface area contributed by atoms with Crippen LogP contribution in [0.2, 0.25) is 0 Å². The number of likely N-dealkylation sites (tertiary alicyclic amines) is 1. The summed E-state index contributed by atoms with van der Waals surface area (Å²) in [6.45, 7) is 2.90. The van der Waals surface area contributed by atoms with Crippen molar-refractivity contribution in [2.45, 2.75) is 25.8 Å². The molecule has 7 heteroatoms. The Bertz CT molecular complexity index is 745. The highest BCUT2D eigenvalue weighted by Crippen LogP contribution is 2.14. The number of hydrogen-bond donors (Lipinski definition) is 1. The van der Waals surface area contributed by atoms with E-state index in [2.05, 4.69) is 10.3 Å². The Morgan fingerprint density at radius 3 is 2.83 bits per heavy atom. The van der Waals surface area contributed by atoms with Crippen molar-refractivity contribution in [2.24, 2.45) is 0 Å². The average Bonchev–Trinajstić information content (AvgIpc) is 3.13. The molecular formula is C17H18FN3O2S. The first-order valence-corrected chi connectivity index (χ1v) is 8.64. The number of aromatic nitrogens is 1. The molecule has 1 saturated heterocycles. The number of rotatable bonds is 5. The minimum absolute atomic E-state index is 0.0249. The van der Waals surface area contributed by atoms with E-state index in [4.69, 9.17) is 0 Å². The quantitative estimate of drug-likeness (QED) is 0.902. The molecule has 1 aliphatic rings. The van der Waals surface area contributed by atoms with E-state index in [0.29, 0.717) is 31.6 Å². The lowest BCUT2D eigenvalue weighted by Crippen LogP contribution is -2.37. The maximum Gasteiger partial charge on any atom is 0.271 e. The van der Waals surface area contributed by atoms with E-state index in [1.165, 1.54) is 23.5 Å². The molecule has 5 nitrogen and oxygen atoms in total. The molecule has 0 spiro atoms. The Morgan fingerprint density at radius 1 is 1.42 bits per heavy atom. The van der Waals surface area contributed by atoms with Crippen molar-refractivity contribution in [3.63, 3.8) is 0 Å². The van der Waals surface area contributed by atoms with Crippen LogP contribution in [0, 0.1) is 12.7 Å². The van der Waals surface area contributed by atoms with Crippen molar-refractivity contribution >= 4 is 23.2 Å². The van der Waals surface area contributed by atoms with Crippen LogP contribution in [-0.4, -0.2) is 40.8 Å². The number of amides is 2. The molecule has 0 bridgehead atoms. The van der Waals surface area contributed by atoms with Gasteiger partial charge in [0.05, 0.1) is 11.0 Å². The molecule has 2 aromatic rings. The fraction of sp³-hybridized carbons (Fsp3) is 0.353. The van der Waals surface area contributed by atoms with E-state index in [-0.39, 0.29) is 23.7 Å². The maximum absolute atomic E-state index is 12.9. The highest BCUT2D eigenvalue weighted by atomic mass is 32.1. The molecule has 1 aromatic heterocycles. The fourth-order valence-corrected chi connectivity index (χ4v) is 3.32. The number of thiazole rings is 1. The van der Waals surface area contributed by atoms with Crippen LogP contribution in [0.5, 0.6) is 0 Å². The molecule has 1 fully saturated rings. The number of aryl methyl sites for hydroxylation is 1. The van der Waals surface area contributed by atoms with E-state index < -0.39 is 0 Å². The highest BCUT2D eigenvalue weighted by molar-refractivity contribution is 7.09. The van der Waals surface area contributed by atoms with Crippen LogP contribution in [0.1, 0.15) is 27.5 Å². The smallest absolute Gasteiger partial charge is 0.271 e. The number of carbonyl (C=O) groups is 2. The summed E-state index contributed by atoms with van der Waals surface area (Å²) in [5.74, 6) is -0.481. The van der Waals surface area contributed by atoms with E-state index >= 15 is 0 Å². The zero-order valence-electron chi connectivity index (χ0n) is 13.3. The molecule has 24 heavy (non-hydrogen) atoms. The molecule has 1 aliphatic heterocycles. The van der Waals surface area contributed by atoms with Gasteiger partial charge in [0.2, 0.25) is 5.91 Å². The predicted molar refractivity (Wildman–Crippen MR) is 89.4 cm³/mol. The van der Waals surface area contributed by atoms with Crippen molar-refractivity contribution in [3.8, 4) is 0 Å². The molecule has 126 valence electrons. The first-order valence-electron chi connectivity index (χ1n) is 7.76. The predicted octanol–water partition coefficient (Wildman–Crippen LogP) is 2.16. The zero-order chi connectivity index (χ0) is 17.1. The lowest BCUT2D eigenvalue weighted by atomic mass is 10.1. The Labute approximate surface area is 143 Å². The van der Waals surface area contributed by atoms with Gasteiger partial charge < -0.3 is 10.2 Å². The van der Waals surface area contributed by atoms with Gasteiger partial charge in [-0.25, -0.2) is 9.37 Å². The average molecular weight is 347 g/mol. The van der Waals surface area contributed by atoms with Gasteiger partial charge in [-0.05, 0) is 31.0 Å². The summed E-state index contributed by atoms with van der Waals surface area (Å²) < 4.78 is 12.9. The molecule has 1 atom stereocenters. The third-order valence-corrected chi connectivity index (χ3v) is 4.76. The van der Waals surface area contributed by atoms with Crippen molar-refractivity contribution < 1.29 is 14.0 Å². The summed E-state index contributed by atoms with van der Waals surface area (Å²) in [5.41, 5.74) is 1.38. The molecule has 1 N–H and O–H groups in total. The molecule has 0 saturated carbocycles. The van der Waals surface area contributed by atoms with Gasteiger partial charge in [0.25, 0.3) is 5.91 Å². The van der Waals surface area contributed by atoms with E-state index in [1.54, 1.807) is 22.4 Å². The van der Waals surface area contributed by atoms with E-state index in [0.717, 1.165) is 10.6 Å². The number of hydrogen-bond acceptors (Lipinski definition) is 4. The summed E-state index contributed by atoms with van der Waals surface area (Å²) in [5, 5.41) is 5.42. The molecule has 2 amide bonds. The molecule has 1 unspecified atom stereocenters. The van der Waals surface area contributed by atoms with Gasteiger partial charge in [0, 0.05) is 24.9 Å². The van der Waals surface area contributed by atoms with Crippen LogP contribution in [-0.2, 0) is 11.2 Å². The summed E-state index contributed by atoms with van der Waals surface area (Å²) in [7, 11) is 0. The van der Waals surface area contributed by atoms with Crippen molar-refractivity contribution in [1.82, 2.24) is 15.2 Å². The van der Waals surface area contributed by atoms with Crippen LogP contribution in [0.15, 0.2) is 29.6 Å². The SMILES string of the molecule is Cc1nc(C(=O)NC2CC(=O)N(CCc3ccc(F)cc3)C2)cs1. The highest BCUT2D eigenvalue weighted by Gasteiger charge is 2.30. The second-order valence-electron chi connectivity index (χ2n) is 5.84. The standard InChI is InChI=1S/C17H18FN3O2S/c1-11-19-15(10-24-11)17(23)20-14-8-16(22)21(9-14)7-6-12-2-4-13(18)5-3-12/h2-5,10,14H,6-9H2,1H3,(H,20,23). The number of nitrogens with zero attached hydrogens (tertiary/aromatic N) is 2. The van der Waals surface area contributed by atoms with Crippen molar-refractivity contribution in [1.29, 1.82) is 0 Å². The summed E-state index contributed by atoms with van der Waals surface area (Å²) >= 11 is 1.42. The van der Waals surface area contributed by atoms with Crippen molar-refractivity contribution in [2.75, 3.05) is 13.1 Å². The minimum Gasteiger partial charge on any atom is -0.346 e. The number of carbonyl (C=O) groups excluding carboxylic acids is 2. The minimum atomic E-state index is -0.268. The number of benzene rings is 1. The van der Waals surface area contributed by atoms with Gasteiger partial charge >= 0.3 is 0 Å². The molecule has 0 radical (unpaired) electrons. The van der Waals surface area contributed by atoms with Gasteiger partial charge in [-0.3, -0.25) is 9.59 Å². The Kier molecular flexibility index (Phi) is 4.89. The Morgan fingerprint density at radius 2 is 2.17 bits per heavy atom. The second kappa shape index (κ2) is 7.09. The topological polar surface area (TPSA) is 62.3 Å². The first-order chi connectivity index (χ1) is 11.5. The third kappa shape index (κ3) is 3.97. The molecular weight excluding hydrogens is 329 g/mol. The van der Waals surface area contributed by atoms with Crippen LogP contribution in [0.4, 0.5) is 4.39 Å². The second-order valence-corrected chi connectivity index (χ2v) is 6.90. The van der Waals surface area contributed by atoms with Gasteiger partial charge in [0.1, 0.15) is 11.5 Å². The Hall–Kier alpha value is -2.28. The first kappa shape index (κ1) is 16.6. The summed E-state index contributed by atoms with van der Waals surface area (Å²) in [6, 6.07) is 6.08. The number of halogens is 1. The summed E-state index contributed by atoms with van der Waals surface area (Å²) in [6.07, 6.45) is 0.968. The molecule has 0 aliphatic carbocycles. The summed E-state index contributed by atoms with van der Waals surface area (Å²) in [4.78, 5) is 30.1. The van der Waals surface area contributed by atoms with E-state index in [1.807, 2.05) is 6.92 Å². The largest absolute Gasteiger partial charge is 0.346 e. The fourth-order valence-electron chi connectivity index (χ4n) is 2.73. The van der Waals surface area contributed by atoms with Gasteiger partial charge in [0.15, 0.2) is 0 Å². The maximum atomic E-state index is 12.9. The Balaban J connectivity index is 1.51. The van der Waals surface area contributed by atoms with Gasteiger partial charge in [-0.1, -0.05) is 12.1 Å². The lowest BCUT2D eigenvalue weighted by Gasteiger charge is -2.17. The zero-order valence-corrected chi connectivity index (χ0v) is 14.1. The van der Waals surface area contributed by atoms with Crippen molar-refractivity contribution in [3.05, 3.63) is 51.7 Å². The normalized spacial score (nSPS) is 17.3. The van der Waals surface area contributed by atoms with E-state index in [9.17, 15) is 14.0 Å². The van der Waals surface area contributed by atoms with Crippen LogP contribution in [0.3, 0.4) is 0 Å². The van der Waals surface area contributed by atoms with Crippen LogP contribution in [0.25, 0.3) is 0 Å². The monoisotopic (exact) mass is 347 g/mol. The van der Waals surface area contributed by atoms with Gasteiger partial charge in [-0.2, -0.15) is 0 Å². The molecule has 1 aromatic carbocycles. The van der Waals surface area contributed by atoms with Crippen LogP contribution >= 0.6 is 11.3 Å². The number of nitrogens with one attached hydrogen (secondary N) is 1. The van der Waals surface area contributed by atoms with Gasteiger partial charge in [-0.15, -0.1) is 11.3 Å². The van der Waals surface area contributed by atoms with Crippen LogP contribution < -0.4 is 5.32 Å². The lowest BCUT2D eigenvalue weighted by molar-refractivity contribution is -0.127. The third-order valence-electron chi connectivity index (χ3n) is 3.99. The molecule has 3 rings (SSSR count). The molecule has 2 heterocycles.